The van der Waals surface area contributed by atoms with Gasteiger partial charge in [-0.3, -0.25) is 0 Å². The predicted octanol–water partition coefficient (Wildman–Crippen LogP) is 1.26. The van der Waals surface area contributed by atoms with Crippen molar-refractivity contribution in [3.63, 3.8) is 0 Å². The number of nitrogens with one attached hydrogen (secondary N) is 1. The summed E-state index contributed by atoms with van der Waals surface area (Å²) in [4.78, 5) is 11.1. The average Bonchev–Trinajstić information content (AvgIpc) is 2.60. The molecule has 0 radical (unpaired) electrons. The van der Waals surface area contributed by atoms with Crippen molar-refractivity contribution in [3.8, 4) is 0 Å². The first kappa shape index (κ1) is 7.61. The molecule has 0 amide bonds. The molecule has 1 aromatic heterocycles. The van der Waals surface area contributed by atoms with Gasteiger partial charge in [-0.25, -0.2) is 4.79 Å². The number of methoxy groups -OCH3 is 1. The van der Waals surface area contributed by atoms with E-state index < -0.39 is 0 Å². The Labute approximate surface area is 74.4 Å². The van der Waals surface area contributed by atoms with E-state index in [1.54, 1.807) is 11.3 Å². The number of anilines is 1. The summed E-state index contributed by atoms with van der Waals surface area (Å²) in [7, 11) is 1.41. The lowest BCUT2D eigenvalue weighted by Crippen LogP contribution is -2.28. The number of ether oxygens (including phenoxy) is 1. The summed E-state index contributed by atoms with van der Waals surface area (Å²) in [5, 5.41) is 7.17. The van der Waals surface area contributed by atoms with E-state index in [9.17, 15) is 4.79 Å². The summed E-state index contributed by atoms with van der Waals surface area (Å²) in [5.41, 5.74) is 2.30. The van der Waals surface area contributed by atoms with Gasteiger partial charge in [-0.2, -0.15) is 0 Å². The molecule has 64 valence electrons. The number of carbonyl (C=O) groups excluding carboxylic acids is 1. The molecule has 0 aromatic carbocycles. The van der Waals surface area contributed by atoms with E-state index in [0.717, 1.165) is 12.1 Å². The van der Waals surface area contributed by atoms with E-state index in [-0.39, 0.29) is 12.0 Å². The Balaban J connectivity index is 2.12. The number of thiophene rings is 1. The van der Waals surface area contributed by atoms with Gasteiger partial charge < -0.3 is 10.1 Å². The highest BCUT2D eigenvalue weighted by Crippen LogP contribution is 2.29. The Bertz CT molecular complexity index is 287. The van der Waals surface area contributed by atoms with Gasteiger partial charge >= 0.3 is 5.97 Å². The molecule has 1 aliphatic heterocycles. The fraction of sp³-hybridized carbons (Fsp3) is 0.375. The lowest BCUT2D eigenvalue weighted by atomic mass is 10.2. The molecule has 1 N–H and O–H groups in total. The Hall–Kier alpha value is -1.03. The lowest BCUT2D eigenvalue weighted by Gasteiger charge is -2.07. The predicted molar refractivity (Wildman–Crippen MR) is 47.4 cm³/mol. The van der Waals surface area contributed by atoms with Gasteiger partial charge in [-0.15, -0.1) is 11.3 Å². The molecular weight excluding hydrogens is 174 g/mol. The molecule has 1 aromatic rings. The van der Waals surface area contributed by atoms with Crippen LogP contribution in [0.1, 0.15) is 5.56 Å². The van der Waals surface area contributed by atoms with Crippen molar-refractivity contribution in [2.75, 3.05) is 12.4 Å². The molecule has 0 fully saturated rings. The zero-order chi connectivity index (χ0) is 8.55. The zero-order valence-electron chi connectivity index (χ0n) is 6.66. The van der Waals surface area contributed by atoms with Crippen LogP contribution in [0.15, 0.2) is 10.8 Å². The number of fused-ring (bicyclic) bond motifs is 1. The topological polar surface area (TPSA) is 38.3 Å². The molecule has 0 spiro atoms. The van der Waals surface area contributed by atoms with E-state index in [1.807, 2.05) is 5.38 Å². The summed E-state index contributed by atoms with van der Waals surface area (Å²) in [6, 6.07) is -0.173. The molecule has 4 heteroatoms. The van der Waals surface area contributed by atoms with E-state index in [2.05, 4.69) is 15.4 Å². The number of rotatable bonds is 1. The Morgan fingerprint density at radius 2 is 2.58 bits per heavy atom. The zero-order valence-corrected chi connectivity index (χ0v) is 7.48. The van der Waals surface area contributed by atoms with E-state index in [4.69, 9.17) is 0 Å². The number of hydrogen-bond donors (Lipinski definition) is 1. The van der Waals surface area contributed by atoms with Gasteiger partial charge in [0.25, 0.3) is 0 Å². The first-order valence-corrected chi connectivity index (χ1v) is 4.65. The summed E-state index contributed by atoms with van der Waals surface area (Å²) in [6.45, 7) is 0. The maximum Gasteiger partial charge on any atom is 0.328 e. The van der Waals surface area contributed by atoms with Crippen LogP contribution in [0, 0.1) is 0 Å². The van der Waals surface area contributed by atoms with Crippen LogP contribution in [0.5, 0.6) is 0 Å². The minimum absolute atomic E-state index is 0.173. The van der Waals surface area contributed by atoms with Gasteiger partial charge in [-0.05, 0) is 10.9 Å². The number of esters is 1. The molecule has 2 rings (SSSR count). The summed E-state index contributed by atoms with van der Waals surface area (Å²) >= 11 is 1.65. The second-order valence-electron chi connectivity index (χ2n) is 2.73. The lowest BCUT2D eigenvalue weighted by molar-refractivity contribution is -0.141. The second kappa shape index (κ2) is 2.79. The van der Waals surface area contributed by atoms with Crippen molar-refractivity contribution in [3.05, 3.63) is 16.3 Å². The maximum absolute atomic E-state index is 11.1. The third-order valence-corrected chi connectivity index (χ3v) is 2.77. The SMILES string of the molecule is COC(=O)C1Cc2cscc2N1. The van der Waals surface area contributed by atoms with Crippen LogP contribution in [0.3, 0.4) is 0 Å². The molecule has 12 heavy (non-hydrogen) atoms. The fourth-order valence-electron chi connectivity index (χ4n) is 1.35. The van der Waals surface area contributed by atoms with Gasteiger partial charge in [0.15, 0.2) is 0 Å². The molecule has 3 nitrogen and oxygen atoms in total. The van der Waals surface area contributed by atoms with Crippen molar-refractivity contribution in [1.29, 1.82) is 0 Å². The molecule has 0 bridgehead atoms. The first-order valence-electron chi connectivity index (χ1n) is 3.70. The smallest absolute Gasteiger partial charge is 0.328 e. The van der Waals surface area contributed by atoms with Crippen molar-refractivity contribution in [1.82, 2.24) is 0 Å². The van der Waals surface area contributed by atoms with Crippen LogP contribution in [-0.4, -0.2) is 19.1 Å². The van der Waals surface area contributed by atoms with Gasteiger partial charge in [0.2, 0.25) is 0 Å². The summed E-state index contributed by atoms with van der Waals surface area (Å²) in [6.07, 6.45) is 0.755. The minimum Gasteiger partial charge on any atom is -0.467 e. The van der Waals surface area contributed by atoms with Crippen molar-refractivity contribution >= 4 is 23.0 Å². The van der Waals surface area contributed by atoms with Crippen LogP contribution < -0.4 is 5.32 Å². The fourth-order valence-corrected chi connectivity index (χ4v) is 2.16. The van der Waals surface area contributed by atoms with Crippen LogP contribution in [0.4, 0.5) is 5.69 Å². The van der Waals surface area contributed by atoms with Crippen LogP contribution in [0.2, 0.25) is 0 Å². The number of hydrogen-bond acceptors (Lipinski definition) is 4. The summed E-state index contributed by atoms with van der Waals surface area (Å²) < 4.78 is 4.64. The monoisotopic (exact) mass is 183 g/mol. The van der Waals surface area contributed by atoms with Crippen molar-refractivity contribution < 1.29 is 9.53 Å². The van der Waals surface area contributed by atoms with Gasteiger partial charge in [-0.1, -0.05) is 0 Å². The largest absolute Gasteiger partial charge is 0.467 e. The van der Waals surface area contributed by atoms with Gasteiger partial charge in [0.05, 0.1) is 7.11 Å². The molecular formula is C8H9NO2S. The Morgan fingerprint density at radius 3 is 3.25 bits per heavy atom. The first-order chi connectivity index (χ1) is 5.81. The maximum atomic E-state index is 11.1. The van der Waals surface area contributed by atoms with Crippen LogP contribution in [-0.2, 0) is 16.0 Å². The standard InChI is InChI=1S/C8H9NO2S/c1-11-8(10)6-2-5-3-12-4-7(5)9-6/h3-4,6,9H,2H2,1H3. The molecule has 0 aliphatic carbocycles. The van der Waals surface area contributed by atoms with Crippen LogP contribution >= 0.6 is 11.3 Å². The minimum atomic E-state index is -0.184. The highest BCUT2D eigenvalue weighted by molar-refractivity contribution is 7.08. The molecule has 0 saturated heterocycles. The second-order valence-corrected chi connectivity index (χ2v) is 3.48. The van der Waals surface area contributed by atoms with Gasteiger partial charge in [0.1, 0.15) is 6.04 Å². The Morgan fingerprint density at radius 1 is 1.75 bits per heavy atom. The average molecular weight is 183 g/mol. The van der Waals surface area contributed by atoms with E-state index in [0.29, 0.717) is 0 Å². The van der Waals surface area contributed by atoms with Gasteiger partial charge in [0, 0.05) is 17.5 Å². The molecule has 0 saturated carbocycles. The van der Waals surface area contributed by atoms with E-state index in [1.165, 1.54) is 12.7 Å². The summed E-state index contributed by atoms with van der Waals surface area (Å²) in [5.74, 6) is -0.184. The number of carbonyl (C=O) groups is 1. The van der Waals surface area contributed by atoms with Crippen molar-refractivity contribution in [2.24, 2.45) is 0 Å². The highest BCUT2D eigenvalue weighted by Gasteiger charge is 2.27. The van der Waals surface area contributed by atoms with Crippen molar-refractivity contribution in [2.45, 2.75) is 12.5 Å². The Kier molecular flexibility index (Phi) is 1.77. The molecule has 1 unspecified atom stereocenters. The third-order valence-electron chi connectivity index (χ3n) is 1.98. The quantitative estimate of drug-likeness (QED) is 0.666. The molecule has 1 aliphatic rings. The molecule has 2 heterocycles. The highest BCUT2D eigenvalue weighted by atomic mass is 32.1. The normalized spacial score (nSPS) is 19.9. The third kappa shape index (κ3) is 1.08. The molecule has 1 atom stereocenters. The van der Waals surface area contributed by atoms with Crippen LogP contribution in [0.25, 0.3) is 0 Å². The van der Waals surface area contributed by atoms with E-state index >= 15 is 0 Å².